The SMILES string of the molecule is c1ccc(-c2ccc(-c3cccc(-c4ccc(-c5cc(-c6ccccn6)nc(-c6ccccn6)c5)cc4)c3)nc2)nc1. The van der Waals surface area contributed by atoms with Gasteiger partial charge in [0.05, 0.1) is 34.2 Å². The molecule has 5 nitrogen and oxygen atoms in total. The lowest BCUT2D eigenvalue weighted by molar-refractivity contribution is 1.22. The van der Waals surface area contributed by atoms with Crippen LogP contribution in [0.15, 0.2) is 152 Å². The predicted molar refractivity (Wildman–Crippen MR) is 168 cm³/mol. The molecule has 42 heavy (non-hydrogen) atoms. The van der Waals surface area contributed by atoms with Crippen LogP contribution in [-0.2, 0) is 0 Å². The first-order valence-electron chi connectivity index (χ1n) is 13.7. The van der Waals surface area contributed by atoms with Crippen LogP contribution in [0.3, 0.4) is 0 Å². The normalized spacial score (nSPS) is 10.9. The molecule has 0 aliphatic rings. The molecule has 0 N–H and O–H groups in total. The second-order valence-corrected chi connectivity index (χ2v) is 9.86. The van der Waals surface area contributed by atoms with E-state index >= 15 is 0 Å². The molecule has 0 bridgehead atoms. The molecule has 0 atom stereocenters. The van der Waals surface area contributed by atoms with Crippen molar-refractivity contribution in [2.24, 2.45) is 0 Å². The number of hydrogen-bond donors (Lipinski definition) is 0. The van der Waals surface area contributed by atoms with Crippen molar-refractivity contribution in [2.45, 2.75) is 0 Å². The van der Waals surface area contributed by atoms with Crippen molar-refractivity contribution in [3.63, 3.8) is 0 Å². The Kier molecular flexibility index (Phi) is 6.81. The van der Waals surface area contributed by atoms with Crippen LogP contribution >= 0.6 is 0 Å². The fourth-order valence-corrected chi connectivity index (χ4v) is 4.95. The van der Waals surface area contributed by atoms with Gasteiger partial charge in [-0.3, -0.25) is 19.9 Å². The number of benzene rings is 2. The molecular weight excluding hydrogens is 514 g/mol. The van der Waals surface area contributed by atoms with Crippen molar-refractivity contribution in [3.05, 3.63) is 152 Å². The maximum atomic E-state index is 4.89. The molecule has 0 saturated carbocycles. The molecular formula is C37H25N5. The van der Waals surface area contributed by atoms with Crippen molar-refractivity contribution in [3.8, 4) is 67.5 Å². The van der Waals surface area contributed by atoms with Crippen molar-refractivity contribution in [2.75, 3.05) is 0 Å². The summed E-state index contributed by atoms with van der Waals surface area (Å²) < 4.78 is 0. The van der Waals surface area contributed by atoms with Gasteiger partial charge in [-0.15, -0.1) is 0 Å². The van der Waals surface area contributed by atoms with Gasteiger partial charge in [-0.1, -0.05) is 60.7 Å². The number of hydrogen-bond acceptors (Lipinski definition) is 5. The maximum absolute atomic E-state index is 4.89. The van der Waals surface area contributed by atoms with Crippen LogP contribution in [0.25, 0.3) is 67.5 Å². The third-order valence-corrected chi connectivity index (χ3v) is 7.11. The van der Waals surface area contributed by atoms with E-state index in [0.717, 1.165) is 67.5 Å². The van der Waals surface area contributed by atoms with E-state index in [1.54, 1.807) is 18.6 Å². The number of aromatic nitrogens is 5. The van der Waals surface area contributed by atoms with E-state index in [1.807, 2.05) is 66.9 Å². The van der Waals surface area contributed by atoms with E-state index in [4.69, 9.17) is 9.97 Å². The van der Waals surface area contributed by atoms with Crippen LogP contribution in [0.1, 0.15) is 0 Å². The fraction of sp³-hybridized carbons (Fsp3) is 0. The third kappa shape index (κ3) is 5.31. The maximum Gasteiger partial charge on any atom is 0.0900 e. The Morgan fingerprint density at radius 3 is 1.36 bits per heavy atom. The first-order chi connectivity index (χ1) is 20.8. The molecule has 5 heterocycles. The minimum Gasteiger partial charge on any atom is -0.256 e. The summed E-state index contributed by atoms with van der Waals surface area (Å²) in [6.07, 6.45) is 7.26. The van der Waals surface area contributed by atoms with Crippen LogP contribution in [0.5, 0.6) is 0 Å². The van der Waals surface area contributed by atoms with E-state index in [0.29, 0.717) is 0 Å². The van der Waals surface area contributed by atoms with Gasteiger partial charge in [-0.2, -0.15) is 0 Å². The summed E-state index contributed by atoms with van der Waals surface area (Å²) in [7, 11) is 0. The highest BCUT2D eigenvalue weighted by Gasteiger charge is 2.11. The Hall–Kier alpha value is -5.81. The monoisotopic (exact) mass is 539 g/mol. The van der Waals surface area contributed by atoms with E-state index in [-0.39, 0.29) is 0 Å². The Morgan fingerprint density at radius 1 is 0.286 bits per heavy atom. The Balaban J connectivity index is 1.20. The summed E-state index contributed by atoms with van der Waals surface area (Å²) in [5.41, 5.74) is 11.6. The molecule has 0 spiro atoms. The minimum absolute atomic E-state index is 0.812. The average molecular weight is 540 g/mol. The van der Waals surface area contributed by atoms with E-state index in [2.05, 4.69) is 81.7 Å². The van der Waals surface area contributed by atoms with Gasteiger partial charge in [-0.05, 0) is 89.0 Å². The molecule has 0 saturated heterocycles. The van der Waals surface area contributed by atoms with Gasteiger partial charge >= 0.3 is 0 Å². The van der Waals surface area contributed by atoms with Crippen molar-refractivity contribution < 1.29 is 0 Å². The lowest BCUT2D eigenvalue weighted by Gasteiger charge is -2.11. The van der Waals surface area contributed by atoms with Gasteiger partial charge in [0.25, 0.3) is 0 Å². The largest absolute Gasteiger partial charge is 0.256 e. The molecule has 0 aliphatic heterocycles. The van der Waals surface area contributed by atoms with Crippen LogP contribution < -0.4 is 0 Å². The summed E-state index contributed by atoms with van der Waals surface area (Å²) in [6, 6.07) is 43.0. The Bertz CT molecular complexity index is 1880. The fourth-order valence-electron chi connectivity index (χ4n) is 4.95. The quantitative estimate of drug-likeness (QED) is 0.212. The molecule has 5 aromatic heterocycles. The van der Waals surface area contributed by atoms with E-state index in [9.17, 15) is 0 Å². The van der Waals surface area contributed by atoms with Gasteiger partial charge in [0.1, 0.15) is 0 Å². The number of nitrogens with zero attached hydrogens (tertiary/aromatic N) is 5. The van der Waals surface area contributed by atoms with Crippen molar-refractivity contribution >= 4 is 0 Å². The first-order valence-corrected chi connectivity index (χ1v) is 13.7. The topological polar surface area (TPSA) is 64.5 Å². The van der Waals surface area contributed by atoms with Gasteiger partial charge in [-0.25, -0.2) is 4.98 Å². The molecule has 0 aliphatic carbocycles. The van der Waals surface area contributed by atoms with Crippen LogP contribution in [-0.4, -0.2) is 24.9 Å². The van der Waals surface area contributed by atoms with Crippen LogP contribution in [0.2, 0.25) is 0 Å². The standard InChI is InChI=1S/C37H25N5/c1-4-19-38-32(10-1)30-17-18-33(41-25-30)29-9-7-8-28(22-29)26-13-15-27(16-14-26)31-23-36(34-11-2-5-20-39-34)42-37(24-31)35-12-3-6-21-40-35/h1-25H. The smallest absolute Gasteiger partial charge is 0.0900 e. The predicted octanol–water partition coefficient (Wildman–Crippen LogP) is 8.66. The second-order valence-electron chi connectivity index (χ2n) is 9.86. The number of rotatable bonds is 6. The molecule has 198 valence electrons. The summed E-state index contributed by atoms with van der Waals surface area (Å²) in [5, 5.41) is 0. The van der Waals surface area contributed by atoms with Crippen LogP contribution in [0.4, 0.5) is 0 Å². The summed E-state index contributed by atoms with van der Waals surface area (Å²) in [5.74, 6) is 0. The van der Waals surface area contributed by atoms with Gasteiger partial charge in [0.2, 0.25) is 0 Å². The average Bonchev–Trinajstić information content (AvgIpc) is 3.09. The second kappa shape index (κ2) is 11.4. The summed E-state index contributed by atoms with van der Waals surface area (Å²) >= 11 is 0. The molecule has 0 fully saturated rings. The first kappa shape index (κ1) is 25.2. The zero-order valence-corrected chi connectivity index (χ0v) is 22.7. The number of pyridine rings is 5. The van der Waals surface area contributed by atoms with Crippen LogP contribution in [0, 0.1) is 0 Å². The molecule has 2 aromatic carbocycles. The summed E-state index contributed by atoms with van der Waals surface area (Å²) in [6.45, 7) is 0. The van der Waals surface area contributed by atoms with Gasteiger partial charge in [0.15, 0.2) is 0 Å². The molecule has 7 rings (SSSR count). The molecule has 0 radical (unpaired) electrons. The highest BCUT2D eigenvalue weighted by molar-refractivity contribution is 5.78. The Labute approximate surface area is 244 Å². The molecule has 7 aromatic rings. The molecule has 5 heteroatoms. The minimum atomic E-state index is 0.812. The van der Waals surface area contributed by atoms with Gasteiger partial charge < -0.3 is 0 Å². The lowest BCUT2D eigenvalue weighted by atomic mass is 9.97. The van der Waals surface area contributed by atoms with E-state index in [1.165, 1.54) is 0 Å². The Morgan fingerprint density at radius 2 is 0.810 bits per heavy atom. The molecule has 0 amide bonds. The van der Waals surface area contributed by atoms with E-state index < -0.39 is 0 Å². The third-order valence-electron chi connectivity index (χ3n) is 7.11. The zero-order chi connectivity index (χ0) is 28.1. The summed E-state index contributed by atoms with van der Waals surface area (Å²) in [4.78, 5) is 23.1. The van der Waals surface area contributed by atoms with Crippen molar-refractivity contribution in [1.82, 2.24) is 24.9 Å². The lowest BCUT2D eigenvalue weighted by Crippen LogP contribution is -1.94. The van der Waals surface area contributed by atoms with Crippen molar-refractivity contribution in [1.29, 1.82) is 0 Å². The zero-order valence-electron chi connectivity index (χ0n) is 22.7. The molecule has 0 unspecified atom stereocenters. The highest BCUT2D eigenvalue weighted by atomic mass is 14.8. The highest BCUT2D eigenvalue weighted by Crippen LogP contribution is 2.32. The van der Waals surface area contributed by atoms with Gasteiger partial charge in [0, 0.05) is 35.9 Å².